The van der Waals surface area contributed by atoms with Gasteiger partial charge in [-0.3, -0.25) is 4.57 Å². The summed E-state index contributed by atoms with van der Waals surface area (Å²) in [4.78, 5) is 30.7. The van der Waals surface area contributed by atoms with E-state index in [4.69, 9.17) is 37.4 Å². The molecule has 8 nitrogen and oxygen atoms in total. The molecule has 2 aromatic heterocycles. The Labute approximate surface area is 239 Å². The molecule has 2 aromatic carbocycles. The van der Waals surface area contributed by atoms with Gasteiger partial charge in [0, 0.05) is 15.6 Å². The summed E-state index contributed by atoms with van der Waals surface area (Å²) in [6.07, 6.45) is -0.764. The maximum Gasteiger partial charge on any atom is 0.423 e. The van der Waals surface area contributed by atoms with Crippen LogP contribution in [-0.2, 0) is 11.3 Å². The van der Waals surface area contributed by atoms with Crippen molar-refractivity contribution >= 4 is 56.3 Å². The van der Waals surface area contributed by atoms with Gasteiger partial charge in [-0.2, -0.15) is 4.57 Å². The first kappa shape index (κ1) is 29.5. The zero-order valence-corrected chi connectivity index (χ0v) is 24.9. The molecule has 2 heterocycles. The van der Waals surface area contributed by atoms with Crippen molar-refractivity contribution in [2.24, 2.45) is 0 Å². The molecule has 0 bridgehead atoms. The van der Waals surface area contributed by atoms with Gasteiger partial charge < -0.3 is 14.2 Å². The van der Waals surface area contributed by atoms with Crippen LogP contribution in [0.25, 0.3) is 11.0 Å². The van der Waals surface area contributed by atoms with E-state index < -0.39 is 17.4 Å². The molecule has 0 aliphatic heterocycles. The molecule has 0 fully saturated rings. The maximum atomic E-state index is 13.4. The Bertz CT molecular complexity index is 1510. The molecule has 11 heteroatoms. The van der Waals surface area contributed by atoms with E-state index in [-0.39, 0.29) is 23.2 Å². The smallest absolute Gasteiger partial charge is 0.423 e. The number of benzene rings is 2. The van der Waals surface area contributed by atoms with Crippen molar-refractivity contribution in [2.75, 3.05) is 7.11 Å². The Balaban J connectivity index is 0.00000195. The van der Waals surface area contributed by atoms with Gasteiger partial charge in [0.2, 0.25) is 5.88 Å². The van der Waals surface area contributed by atoms with Crippen molar-refractivity contribution in [3.8, 4) is 17.4 Å². The number of methoxy groups -OCH3 is 1. The first-order valence-electron chi connectivity index (χ1n) is 11.8. The Morgan fingerprint density at radius 2 is 1.71 bits per heavy atom. The van der Waals surface area contributed by atoms with E-state index in [0.29, 0.717) is 27.5 Å². The summed E-state index contributed by atoms with van der Waals surface area (Å²) >= 11 is 16.0. The molecule has 202 valence electrons. The number of aromatic nitrogens is 3. The van der Waals surface area contributed by atoms with Crippen LogP contribution < -0.4 is 15.2 Å². The second-order valence-electron chi connectivity index (χ2n) is 8.82. The van der Waals surface area contributed by atoms with E-state index in [0.717, 1.165) is 9.04 Å². The average Bonchev–Trinajstić information content (AvgIpc) is 3.12. The standard InChI is InChI=1S/C25H22BrCl2N3O5.C2H6/c1-25(2,3)36-24(33)31-19-8-6-5-7-18(19)30(23(31)32)13-16-12-20(21(28)22(29-16)34-4)35-17-10-14(26)9-15(27)11-17;1-2/h5-12H,13H2,1-4H3;1-2H3. The Morgan fingerprint density at radius 3 is 2.32 bits per heavy atom. The van der Waals surface area contributed by atoms with Crippen molar-refractivity contribution in [3.05, 3.63) is 79.2 Å². The number of rotatable bonds is 5. The van der Waals surface area contributed by atoms with Gasteiger partial charge in [-0.25, -0.2) is 14.6 Å². The van der Waals surface area contributed by atoms with Crippen LogP contribution in [0.15, 0.2) is 57.8 Å². The highest BCUT2D eigenvalue weighted by Gasteiger charge is 2.24. The van der Waals surface area contributed by atoms with E-state index in [1.54, 1.807) is 69.3 Å². The summed E-state index contributed by atoms with van der Waals surface area (Å²) in [5.41, 5.74) is 0.0269. The van der Waals surface area contributed by atoms with Crippen LogP contribution in [0.4, 0.5) is 4.79 Å². The number of nitrogens with zero attached hydrogens (tertiary/aromatic N) is 3. The zero-order valence-electron chi connectivity index (χ0n) is 21.8. The lowest BCUT2D eigenvalue weighted by molar-refractivity contribution is 0.0537. The number of hydrogen-bond donors (Lipinski definition) is 0. The quantitative estimate of drug-likeness (QED) is 0.224. The van der Waals surface area contributed by atoms with Crippen molar-refractivity contribution < 1.29 is 19.0 Å². The molecule has 4 aromatic rings. The van der Waals surface area contributed by atoms with Crippen LogP contribution in [0, 0.1) is 0 Å². The lowest BCUT2D eigenvalue weighted by atomic mass is 10.2. The van der Waals surface area contributed by atoms with Gasteiger partial charge in [0.25, 0.3) is 0 Å². The number of fused-ring (bicyclic) bond motifs is 1. The van der Waals surface area contributed by atoms with Gasteiger partial charge in [-0.15, -0.1) is 0 Å². The van der Waals surface area contributed by atoms with Crippen LogP contribution in [-0.4, -0.2) is 32.9 Å². The molecule has 0 aliphatic carbocycles. The van der Waals surface area contributed by atoms with Crippen molar-refractivity contribution in [1.29, 1.82) is 0 Å². The highest BCUT2D eigenvalue weighted by Crippen LogP contribution is 2.37. The monoisotopic (exact) mass is 623 g/mol. The van der Waals surface area contributed by atoms with E-state index >= 15 is 0 Å². The highest BCUT2D eigenvalue weighted by atomic mass is 79.9. The van der Waals surface area contributed by atoms with Gasteiger partial charge in [0.05, 0.1) is 30.4 Å². The summed E-state index contributed by atoms with van der Waals surface area (Å²) in [7, 11) is 1.43. The number of para-hydroxylation sites is 2. The van der Waals surface area contributed by atoms with Crippen molar-refractivity contribution in [1.82, 2.24) is 14.1 Å². The van der Waals surface area contributed by atoms with Crippen LogP contribution in [0.2, 0.25) is 10.0 Å². The first-order chi connectivity index (χ1) is 18.0. The molecule has 0 spiro atoms. The fourth-order valence-corrected chi connectivity index (χ4v) is 4.59. The second kappa shape index (κ2) is 12.2. The summed E-state index contributed by atoms with van der Waals surface area (Å²) in [5.74, 6) is 0.819. The van der Waals surface area contributed by atoms with Gasteiger partial charge in [0.15, 0.2) is 5.75 Å². The minimum atomic E-state index is -0.771. The number of halogens is 3. The number of ether oxygens (including phenoxy) is 3. The second-order valence-corrected chi connectivity index (χ2v) is 10.5. The van der Waals surface area contributed by atoms with Gasteiger partial charge in [-0.1, -0.05) is 65.1 Å². The zero-order chi connectivity index (χ0) is 28.2. The molecule has 0 N–H and O–H groups in total. The molecule has 0 atom stereocenters. The van der Waals surface area contributed by atoms with Crippen molar-refractivity contribution in [3.63, 3.8) is 0 Å². The number of carbonyl (C=O) groups excluding carboxylic acids is 1. The molecule has 0 amide bonds. The van der Waals surface area contributed by atoms with E-state index in [1.807, 2.05) is 13.8 Å². The highest BCUT2D eigenvalue weighted by molar-refractivity contribution is 9.10. The summed E-state index contributed by atoms with van der Waals surface area (Å²) in [6.45, 7) is 9.22. The van der Waals surface area contributed by atoms with Crippen LogP contribution in [0.3, 0.4) is 0 Å². The summed E-state index contributed by atoms with van der Waals surface area (Å²) < 4.78 is 19.9. The lowest BCUT2D eigenvalue weighted by Gasteiger charge is -2.19. The van der Waals surface area contributed by atoms with Gasteiger partial charge in [-0.05, 0) is 51.1 Å². The maximum absolute atomic E-state index is 13.4. The minimum absolute atomic E-state index is 0.0122. The predicted molar refractivity (Wildman–Crippen MR) is 153 cm³/mol. The van der Waals surface area contributed by atoms with E-state index in [9.17, 15) is 9.59 Å². The van der Waals surface area contributed by atoms with Gasteiger partial charge >= 0.3 is 11.8 Å². The number of hydrogen-bond acceptors (Lipinski definition) is 6. The fraction of sp³-hybridized carbons (Fsp3) is 0.296. The molecule has 0 unspecified atom stereocenters. The van der Waals surface area contributed by atoms with E-state index in [1.165, 1.54) is 11.7 Å². The molecule has 4 rings (SSSR count). The number of imidazole rings is 1. The summed E-state index contributed by atoms with van der Waals surface area (Å²) in [5, 5.41) is 0.624. The van der Waals surface area contributed by atoms with Crippen LogP contribution in [0.1, 0.15) is 40.3 Å². The van der Waals surface area contributed by atoms with Gasteiger partial charge in [0.1, 0.15) is 16.4 Å². The minimum Gasteiger partial charge on any atom is -0.480 e. The fourth-order valence-electron chi connectivity index (χ4n) is 3.54. The predicted octanol–water partition coefficient (Wildman–Crippen LogP) is 7.93. The molecular weight excluding hydrogens is 597 g/mol. The Hall–Kier alpha value is -3.01. The third-order valence-corrected chi connectivity index (χ3v) is 5.96. The SMILES string of the molecule is CC.COc1nc(Cn2c(=O)n(C(=O)OC(C)(C)C)c3ccccc32)cc(Oc2cc(Cl)cc(Br)c2)c1Cl. The topological polar surface area (TPSA) is 84.6 Å². The Morgan fingerprint density at radius 1 is 1.05 bits per heavy atom. The largest absolute Gasteiger partial charge is 0.480 e. The van der Waals surface area contributed by atoms with E-state index in [2.05, 4.69) is 20.9 Å². The van der Waals surface area contributed by atoms with Crippen LogP contribution >= 0.6 is 39.1 Å². The summed E-state index contributed by atoms with van der Waals surface area (Å²) in [6, 6.07) is 13.6. The molecule has 0 radical (unpaired) electrons. The third-order valence-electron chi connectivity index (χ3n) is 4.94. The van der Waals surface area contributed by atoms with Crippen LogP contribution in [0.5, 0.6) is 17.4 Å². The molecule has 0 saturated heterocycles. The molecule has 0 saturated carbocycles. The lowest BCUT2D eigenvalue weighted by Crippen LogP contribution is -2.34. The van der Waals surface area contributed by atoms with Crippen molar-refractivity contribution in [2.45, 2.75) is 46.8 Å². The third kappa shape index (κ3) is 6.70. The molecule has 0 aliphatic rings. The normalized spacial score (nSPS) is 11.1. The Kier molecular flexibility index (Phi) is 9.51. The average molecular weight is 625 g/mol. The first-order valence-corrected chi connectivity index (χ1v) is 13.3. The molecular formula is C27H28BrCl2N3O5. The number of carbonyl (C=O) groups is 1. The number of pyridine rings is 1. The molecule has 38 heavy (non-hydrogen) atoms.